The van der Waals surface area contributed by atoms with Crippen LogP contribution in [0.25, 0.3) is 0 Å². The van der Waals surface area contributed by atoms with Gasteiger partial charge >= 0.3 is 0 Å². The van der Waals surface area contributed by atoms with Crippen LogP contribution in [0.2, 0.25) is 0 Å². The van der Waals surface area contributed by atoms with Crippen molar-refractivity contribution in [1.82, 2.24) is 10.2 Å². The highest BCUT2D eigenvalue weighted by atomic mass is 19.1. The van der Waals surface area contributed by atoms with E-state index < -0.39 is 5.41 Å². The Morgan fingerprint density at radius 1 is 1.56 bits per heavy atom. The molecule has 1 aliphatic rings. The minimum Gasteiger partial charge on any atom is -0.331 e. The van der Waals surface area contributed by atoms with Gasteiger partial charge in [-0.1, -0.05) is 26.7 Å². The average molecular weight is 258 g/mol. The second-order valence-electron chi connectivity index (χ2n) is 4.27. The highest BCUT2D eigenvalue weighted by molar-refractivity contribution is 5.93. The van der Waals surface area contributed by atoms with E-state index in [-0.39, 0.29) is 14.0 Å². The van der Waals surface area contributed by atoms with Gasteiger partial charge in [-0.15, -0.1) is 0 Å². The number of nitrogens with zero attached hydrogens (tertiary/aromatic N) is 1. The molecule has 4 heteroatoms. The number of likely N-dealkylation sites (tertiary alicyclic amines) is 1. The second-order valence-corrected chi connectivity index (χ2v) is 4.27. The van der Waals surface area contributed by atoms with Crippen molar-refractivity contribution < 1.29 is 10.6 Å². The van der Waals surface area contributed by atoms with E-state index in [0.29, 0.717) is 26.1 Å². The monoisotopic (exact) mass is 258 g/mol. The summed E-state index contributed by atoms with van der Waals surface area (Å²) in [4.78, 5) is 13.2. The van der Waals surface area contributed by atoms with Gasteiger partial charge in [0.05, 0.1) is 6.67 Å². The SMILES string of the molecule is CC.CC#CC(=O)N1CC[C@](CF)(CNCC)C1.[HH]. The number of nitrogens with one attached hydrogen (secondary N) is 1. The van der Waals surface area contributed by atoms with Gasteiger partial charge in [0, 0.05) is 26.5 Å². The average Bonchev–Trinajstić information content (AvgIpc) is 2.84. The van der Waals surface area contributed by atoms with Gasteiger partial charge in [0.15, 0.2) is 0 Å². The third-order valence-corrected chi connectivity index (χ3v) is 2.99. The first-order valence-corrected chi connectivity index (χ1v) is 6.66. The second kappa shape index (κ2) is 8.93. The zero-order valence-electron chi connectivity index (χ0n) is 12.0. The molecule has 3 nitrogen and oxygen atoms in total. The Hall–Kier alpha value is -1.08. The molecule has 1 heterocycles. The summed E-state index contributed by atoms with van der Waals surface area (Å²) in [6, 6.07) is 0. The maximum absolute atomic E-state index is 13.1. The summed E-state index contributed by atoms with van der Waals surface area (Å²) in [5.41, 5.74) is -0.402. The third kappa shape index (κ3) is 4.66. The van der Waals surface area contributed by atoms with Crippen LogP contribution in [-0.4, -0.2) is 43.7 Å². The number of amides is 1. The lowest BCUT2D eigenvalue weighted by Gasteiger charge is -2.25. The molecule has 0 radical (unpaired) electrons. The molecule has 1 rings (SSSR count). The number of carbonyl (C=O) groups is 1. The Kier molecular flexibility index (Phi) is 8.40. The van der Waals surface area contributed by atoms with Gasteiger partial charge in [-0.05, 0) is 25.8 Å². The molecule has 1 amide bonds. The highest BCUT2D eigenvalue weighted by Crippen LogP contribution is 2.30. The van der Waals surface area contributed by atoms with Crippen LogP contribution in [-0.2, 0) is 4.79 Å². The fourth-order valence-electron chi connectivity index (χ4n) is 1.99. The van der Waals surface area contributed by atoms with E-state index in [4.69, 9.17) is 0 Å². The number of hydrogen-bond donors (Lipinski definition) is 1. The largest absolute Gasteiger partial charge is 0.331 e. The van der Waals surface area contributed by atoms with Crippen LogP contribution in [0.1, 0.15) is 35.5 Å². The van der Waals surface area contributed by atoms with Crippen molar-refractivity contribution in [2.24, 2.45) is 5.41 Å². The predicted molar refractivity (Wildman–Crippen MR) is 75.1 cm³/mol. The number of carbonyl (C=O) groups excluding carboxylic acids is 1. The van der Waals surface area contributed by atoms with Gasteiger partial charge in [0.25, 0.3) is 5.91 Å². The number of hydrogen-bond acceptors (Lipinski definition) is 2. The molecule has 0 aromatic rings. The molecule has 1 aliphatic heterocycles. The maximum atomic E-state index is 13.1. The fraction of sp³-hybridized carbons (Fsp3) is 0.786. The van der Waals surface area contributed by atoms with Crippen LogP contribution >= 0.6 is 0 Å². The normalized spacial score (nSPS) is 21.7. The van der Waals surface area contributed by atoms with E-state index in [9.17, 15) is 9.18 Å². The molecule has 1 N–H and O–H groups in total. The minimum atomic E-state index is -0.402. The van der Waals surface area contributed by atoms with E-state index in [1.54, 1.807) is 11.8 Å². The molecule has 0 saturated carbocycles. The lowest BCUT2D eigenvalue weighted by Crippen LogP contribution is -2.39. The van der Waals surface area contributed by atoms with Gasteiger partial charge < -0.3 is 10.2 Å². The first-order chi connectivity index (χ1) is 8.67. The van der Waals surface area contributed by atoms with Gasteiger partial charge in [0.1, 0.15) is 0 Å². The van der Waals surface area contributed by atoms with Crippen molar-refractivity contribution in [1.29, 1.82) is 0 Å². The summed E-state index contributed by atoms with van der Waals surface area (Å²) in [6.07, 6.45) is 0.716. The molecule has 0 spiro atoms. The summed E-state index contributed by atoms with van der Waals surface area (Å²) in [6.45, 7) is 9.78. The predicted octanol–water partition coefficient (Wildman–Crippen LogP) is 2.08. The van der Waals surface area contributed by atoms with Gasteiger partial charge in [-0.2, -0.15) is 0 Å². The summed E-state index contributed by atoms with van der Waals surface area (Å²) >= 11 is 0. The molecule has 1 atom stereocenters. The molecule has 106 valence electrons. The van der Waals surface area contributed by atoms with Gasteiger partial charge in [-0.3, -0.25) is 9.18 Å². The van der Waals surface area contributed by atoms with Crippen molar-refractivity contribution in [2.75, 3.05) is 32.9 Å². The number of halogens is 1. The Labute approximate surface area is 112 Å². The van der Waals surface area contributed by atoms with Crippen LogP contribution in [0.5, 0.6) is 0 Å². The zero-order valence-corrected chi connectivity index (χ0v) is 12.0. The summed E-state index contributed by atoms with van der Waals surface area (Å²) < 4.78 is 13.1. The standard InChI is InChI=1S/C12H19FN2O.C2H6.H2/c1-3-5-11(16)15-7-6-12(8-13,10-15)9-14-4-2;1-2;/h14H,4,6-10H2,1-2H3;1-2H3;1H/t12-;;/m0../s1. The third-order valence-electron chi connectivity index (χ3n) is 2.99. The molecular formula is C14H27FN2O. The van der Waals surface area contributed by atoms with Gasteiger partial charge in [-0.25, -0.2) is 0 Å². The topological polar surface area (TPSA) is 32.3 Å². The van der Waals surface area contributed by atoms with Crippen LogP contribution < -0.4 is 5.32 Å². The molecule has 0 aromatic carbocycles. The molecule has 0 aliphatic carbocycles. The van der Waals surface area contributed by atoms with Crippen molar-refractivity contribution in [3.05, 3.63) is 0 Å². The molecule has 18 heavy (non-hydrogen) atoms. The maximum Gasteiger partial charge on any atom is 0.298 e. The van der Waals surface area contributed by atoms with E-state index in [1.165, 1.54) is 0 Å². The van der Waals surface area contributed by atoms with Crippen molar-refractivity contribution >= 4 is 5.91 Å². The molecular weight excluding hydrogens is 231 g/mol. The lowest BCUT2D eigenvalue weighted by molar-refractivity contribution is -0.124. The fourth-order valence-corrected chi connectivity index (χ4v) is 1.99. The van der Waals surface area contributed by atoms with Crippen LogP contribution in [0.3, 0.4) is 0 Å². The highest BCUT2D eigenvalue weighted by Gasteiger charge is 2.39. The van der Waals surface area contributed by atoms with E-state index in [0.717, 1.165) is 6.54 Å². The van der Waals surface area contributed by atoms with E-state index in [2.05, 4.69) is 17.2 Å². The Morgan fingerprint density at radius 3 is 2.72 bits per heavy atom. The van der Waals surface area contributed by atoms with Crippen molar-refractivity contribution in [2.45, 2.75) is 34.1 Å². The number of rotatable bonds is 4. The Balaban J connectivity index is 0. The summed E-state index contributed by atoms with van der Waals surface area (Å²) in [7, 11) is 0. The first-order valence-electron chi connectivity index (χ1n) is 6.66. The van der Waals surface area contributed by atoms with Crippen molar-refractivity contribution in [3.63, 3.8) is 0 Å². The lowest BCUT2D eigenvalue weighted by atomic mass is 9.89. The Bertz CT molecular complexity index is 314. The van der Waals surface area contributed by atoms with E-state index >= 15 is 0 Å². The van der Waals surface area contributed by atoms with Crippen molar-refractivity contribution in [3.8, 4) is 11.8 Å². The first kappa shape index (κ1) is 16.9. The van der Waals surface area contributed by atoms with Crippen LogP contribution in [0.4, 0.5) is 4.39 Å². The van der Waals surface area contributed by atoms with Gasteiger partial charge in [0.2, 0.25) is 0 Å². The summed E-state index contributed by atoms with van der Waals surface area (Å²) in [5.74, 6) is 4.90. The molecule has 1 fully saturated rings. The number of alkyl halides is 1. The molecule has 0 unspecified atom stereocenters. The van der Waals surface area contributed by atoms with E-state index in [1.807, 2.05) is 20.8 Å². The molecule has 1 saturated heterocycles. The smallest absolute Gasteiger partial charge is 0.298 e. The molecule has 0 aromatic heterocycles. The van der Waals surface area contributed by atoms with Crippen LogP contribution in [0, 0.1) is 17.3 Å². The summed E-state index contributed by atoms with van der Waals surface area (Å²) in [5, 5.41) is 3.16. The zero-order chi connectivity index (χ0) is 14.0. The minimum absolute atomic E-state index is 0. The Morgan fingerprint density at radius 2 is 2.22 bits per heavy atom. The quantitative estimate of drug-likeness (QED) is 0.783. The van der Waals surface area contributed by atoms with Crippen LogP contribution in [0.15, 0.2) is 0 Å². The molecule has 0 bridgehead atoms.